The van der Waals surface area contributed by atoms with Gasteiger partial charge in [-0.1, -0.05) is 45.0 Å². The van der Waals surface area contributed by atoms with Crippen LogP contribution in [-0.2, 0) is 12.8 Å². The minimum atomic E-state index is 0.287. The maximum Gasteiger partial charge on any atom is 0.0282 e. The molecule has 0 N–H and O–H groups in total. The fraction of sp³-hybridized carbons (Fsp3) is 0.600. The summed E-state index contributed by atoms with van der Waals surface area (Å²) in [6.07, 6.45) is 4.53. The zero-order chi connectivity index (χ0) is 12.0. The lowest BCUT2D eigenvalue weighted by Crippen LogP contribution is -2.24. The van der Waals surface area contributed by atoms with E-state index < -0.39 is 0 Å². The molecule has 0 radical (unpaired) electrons. The molecule has 0 unspecified atom stereocenters. The first-order valence-corrected chi connectivity index (χ1v) is 6.87. The van der Waals surface area contributed by atoms with E-state index in [-0.39, 0.29) is 5.41 Å². The Hall–Kier alpha value is -0.490. The standard InChI is InChI=1S/C15H23Cl/c1-4-13-7-9-14(10-8-13)11-15(5-2,6-3)12-16/h7-10H,4-6,11-12H2,1-3H3. The van der Waals surface area contributed by atoms with Crippen molar-refractivity contribution in [3.8, 4) is 0 Å². The molecule has 0 atom stereocenters. The van der Waals surface area contributed by atoms with Crippen LogP contribution in [0.4, 0.5) is 0 Å². The first-order valence-electron chi connectivity index (χ1n) is 6.33. The Kier molecular flexibility index (Phi) is 5.34. The minimum Gasteiger partial charge on any atom is -0.126 e. The Morgan fingerprint density at radius 3 is 1.81 bits per heavy atom. The Morgan fingerprint density at radius 1 is 0.938 bits per heavy atom. The highest BCUT2D eigenvalue weighted by Gasteiger charge is 2.25. The van der Waals surface area contributed by atoms with Crippen molar-refractivity contribution in [2.45, 2.75) is 46.5 Å². The van der Waals surface area contributed by atoms with Crippen LogP contribution in [-0.4, -0.2) is 5.88 Å². The van der Waals surface area contributed by atoms with Crippen LogP contribution in [0.25, 0.3) is 0 Å². The molecule has 0 nitrogen and oxygen atoms in total. The normalized spacial score (nSPS) is 11.8. The summed E-state index contributed by atoms with van der Waals surface area (Å²) < 4.78 is 0. The molecule has 1 rings (SSSR count). The number of halogens is 1. The first-order chi connectivity index (χ1) is 7.69. The third-order valence-electron chi connectivity index (χ3n) is 3.79. The third kappa shape index (κ3) is 3.25. The zero-order valence-corrected chi connectivity index (χ0v) is 11.5. The third-order valence-corrected chi connectivity index (χ3v) is 4.36. The van der Waals surface area contributed by atoms with E-state index in [0.717, 1.165) is 31.6 Å². The molecule has 0 aliphatic carbocycles. The van der Waals surface area contributed by atoms with Gasteiger partial charge in [-0.05, 0) is 42.2 Å². The van der Waals surface area contributed by atoms with Crippen molar-refractivity contribution in [3.05, 3.63) is 35.4 Å². The molecule has 0 fully saturated rings. The molecular weight excluding hydrogens is 216 g/mol. The Bertz CT molecular complexity index is 287. The van der Waals surface area contributed by atoms with Crippen LogP contribution in [0.1, 0.15) is 44.7 Å². The van der Waals surface area contributed by atoms with Gasteiger partial charge in [0.05, 0.1) is 0 Å². The lowest BCUT2D eigenvalue weighted by molar-refractivity contribution is 0.302. The monoisotopic (exact) mass is 238 g/mol. The minimum absolute atomic E-state index is 0.287. The molecule has 0 aliphatic heterocycles. The van der Waals surface area contributed by atoms with Gasteiger partial charge < -0.3 is 0 Å². The number of benzene rings is 1. The van der Waals surface area contributed by atoms with Gasteiger partial charge in [-0.15, -0.1) is 11.6 Å². The Morgan fingerprint density at radius 2 is 1.44 bits per heavy atom. The lowest BCUT2D eigenvalue weighted by Gasteiger charge is -2.29. The van der Waals surface area contributed by atoms with Crippen LogP contribution < -0.4 is 0 Å². The topological polar surface area (TPSA) is 0 Å². The van der Waals surface area contributed by atoms with E-state index in [9.17, 15) is 0 Å². The Labute approximate surface area is 105 Å². The molecule has 0 aliphatic rings. The van der Waals surface area contributed by atoms with E-state index in [1.807, 2.05) is 0 Å². The zero-order valence-electron chi connectivity index (χ0n) is 10.7. The number of aryl methyl sites for hydroxylation is 1. The summed E-state index contributed by atoms with van der Waals surface area (Å²) in [5.41, 5.74) is 3.12. The van der Waals surface area contributed by atoms with Crippen molar-refractivity contribution in [3.63, 3.8) is 0 Å². The van der Waals surface area contributed by atoms with Gasteiger partial charge in [0.2, 0.25) is 0 Å². The quantitative estimate of drug-likeness (QED) is 0.623. The van der Waals surface area contributed by atoms with E-state index in [2.05, 4.69) is 45.0 Å². The molecule has 0 amide bonds. The first kappa shape index (κ1) is 13.6. The number of hydrogen-bond acceptors (Lipinski definition) is 0. The maximum absolute atomic E-state index is 6.13. The number of rotatable bonds is 6. The second kappa shape index (κ2) is 6.30. The SMILES string of the molecule is CCc1ccc(CC(CC)(CC)CCl)cc1. The molecule has 0 saturated heterocycles. The average Bonchev–Trinajstić information content (AvgIpc) is 2.37. The van der Waals surface area contributed by atoms with Gasteiger partial charge >= 0.3 is 0 Å². The summed E-state index contributed by atoms with van der Waals surface area (Å²) in [5.74, 6) is 0.759. The predicted octanol–water partition coefficient (Wildman–Crippen LogP) is 4.84. The molecule has 0 heterocycles. The molecule has 1 aromatic rings. The molecule has 0 saturated carbocycles. The van der Waals surface area contributed by atoms with Crippen molar-refractivity contribution >= 4 is 11.6 Å². The van der Waals surface area contributed by atoms with Gasteiger partial charge in [0.15, 0.2) is 0 Å². The highest BCUT2D eigenvalue weighted by Crippen LogP contribution is 2.32. The van der Waals surface area contributed by atoms with Crippen LogP contribution in [0.2, 0.25) is 0 Å². The van der Waals surface area contributed by atoms with Crippen LogP contribution in [0.15, 0.2) is 24.3 Å². The van der Waals surface area contributed by atoms with Crippen molar-refractivity contribution in [1.82, 2.24) is 0 Å². The second-order valence-corrected chi connectivity index (χ2v) is 4.95. The Balaban J connectivity index is 2.77. The fourth-order valence-corrected chi connectivity index (χ4v) is 2.53. The van der Waals surface area contributed by atoms with Crippen molar-refractivity contribution < 1.29 is 0 Å². The van der Waals surface area contributed by atoms with Crippen LogP contribution in [0.3, 0.4) is 0 Å². The van der Waals surface area contributed by atoms with E-state index in [4.69, 9.17) is 11.6 Å². The fourth-order valence-electron chi connectivity index (χ4n) is 2.06. The van der Waals surface area contributed by atoms with Gasteiger partial charge in [-0.3, -0.25) is 0 Å². The van der Waals surface area contributed by atoms with E-state index in [1.165, 1.54) is 11.1 Å². The molecule has 1 aromatic carbocycles. The highest BCUT2D eigenvalue weighted by atomic mass is 35.5. The average molecular weight is 239 g/mol. The van der Waals surface area contributed by atoms with E-state index in [1.54, 1.807) is 0 Å². The molecule has 1 heteroatoms. The smallest absolute Gasteiger partial charge is 0.0282 e. The molecule has 0 aromatic heterocycles. The van der Waals surface area contributed by atoms with E-state index in [0.29, 0.717) is 0 Å². The second-order valence-electron chi connectivity index (χ2n) is 4.69. The van der Waals surface area contributed by atoms with Gasteiger partial charge in [0, 0.05) is 5.88 Å². The van der Waals surface area contributed by atoms with E-state index >= 15 is 0 Å². The van der Waals surface area contributed by atoms with Gasteiger partial charge in [-0.2, -0.15) is 0 Å². The molecule has 0 spiro atoms. The highest BCUT2D eigenvalue weighted by molar-refractivity contribution is 6.18. The van der Waals surface area contributed by atoms with Gasteiger partial charge in [0.25, 0.3) is 0 Å². The summed E-state index contributed by atoms with van der Waals surface area (Å²) in [7, 11) is 0. The van der Waals surface area contributed by atoms with Crippen molar-refractivity contribution in [2.75, 3.05) is 5.88 Å². The van der Waals surface area contributed by atoms with Crippen molar-refractivity contribution in [2.24, 2.45) is 5.41 Å². The molecule has 16 heavy (non-hydrogen) atoms. The van der Waals surface area contributed by atoms with Gasteiger partial charge in [-0.25, -0.2) is 0 Å². The lowest BCUT2D eigenvalue weighted by atomic mass is 9.78. The summed E-state index contributed by atoms with van der Waals surface area (Å²) in [5, 5.41) is 0. The number of alkyl halides is 1. The van der Waals surface area contributed by atoms with Crippen LogP contribution >= 0.6 is 11.6 Å². The largest absolute Gasteiger partial charge is 0.126 e. The van der Waals surface area contributed by atoms with Crippen LogP contribution in [0.5, 0.6) is 0 Å². The predicted molar refractivity (Wildman–Crippen MR) is 73.3 cm³/mol. The summed E-state index contributed by atoms with van der Waals surface area (Å²) in [4.78, 5) is 0. The number of hydrogen-bond donors (Lipinski definition) is 0. The van der Waals surface area contributed by atoms with Gasteiger partial charge in [0.1, 0.15) is 0 Å². The maximum atomic E-state index is 6.13. The summed E-state index contributed by atoms with van der Waals surface area (Å²) in [6, 6.07) is 8.98. The summed E-state index contributed by atoms with van der Waals surface area (Å²) in [6.45, 7) is 6.68. The van der Waals surface area contributed by atoms with Crippen molar-refractivity contribution in [1.29, 1.82) is 0 Å². The summed E-state index contributed by atoms with van der Waals surface area (Å²) >= 11 is 6.13. The molecule has 90 valence electrons. The van der Waals surface area contributed by atoms with Crippen LogP contribution in [0, 0.1) is 5.41 Å². The molecular formula is C15H23Cl. The molecule has 0 bridgehead atoms.